The molecule has 0 bridgehead atoms. The molecule has 0 aromatic heterocycles. The molecule has 1 aliphatic carbocycles. The van der Waals surface area contributed by atoms with Gasteiger partial charge in [-0.1, -0.05) is 50.5 Å². The van der Waals surface area contributed by atoms with Crippen LogP contribution in [0.15, 0.2) is 24.3 Å². The lowest BCUT2D eigenvalue weighted by atomic mass is 9.81. The Kier molecular flexibility index (Phi) is 4.57. The average Bonchev–Trinajstić information content (AvgIpc) is 2.41. The summed E-state index contributed by atoms with van der Waals surface area (Å²) < 4.78 is 0. The summed E-state index contributed by atoms with van der Waals surface area (Å²) in [7, 11) is 0. The van der Waals surface area contributed by atoms with E-state index in [2.05, 4.69) is 36.6 Å². The third kappa shape index (κ3) is 3.08. The normalized spacial score (nSPS) is 19.2. The Morgan fingerprint density at radius 2 is 2.06 bits per heavy atom. The van der Waals surface area contributed by atoms with Crippen LogP contribution in [0.25, 0.3) is 0 Å². The van der Waals surface area contributed by atoms with E-state index in [4.69, 9.17) is 5.84 Å². The van der Waals surface area contributed by atoms with E-state index in [0.29, 0.717) is 12.0 Å². The number of nitrogens with two attached hydrogens (primary N) is 1. The second kappa shape index (κ2) is 6.18. The van der Waals surface area contributed by atoms with Crippen LogP contribution in [0.4, 0.5) is 0 Å². The largest absolute Gasteiger partial charge is 0.271 e. The van der Waals surface area contributed by atoms with Gasteiger partial charge in [0, 0.05) is 6.04 Å². The van der Waals surface area contributed by atoms with Crippen LogP contribution in [0.2, 0.25) is 0 Å². The van der Waals surface area contributed by atoms with Crippen molar-refractivity contribution in [1.82, 2.24) is 5.43 Å². The molecule has 1 aromatic rings. The molecule has 1 aliphatic rings. The summed E-state index contributed by atoms with van der Waals surface area (Å²) in [5.74, 6) is 6.49. The summed E-state index contributed by atoms with van der Waals surface area (Å²) in [6.07, 6.45) is 7.82. The first kappa shape index (κ1) is 12.6. The van der Waals surface area contributed by atoms with E-state index in [0.717, 1.165) is 6.42 Å². The van der Waals surface area contributed by atoms with Crippen molar-refractivity contribution in [3.05, 3.63) is 35.4 Å². The second-order valence-electron chi connectivity index (χ2n) is 5.14. The molecule has 0 saturated heterocycles. The number of benzene rings is 1. The van der Waals surface area contributed by atoms with E-state index < -0.39 is 0 Å². The van der Waals surface area contributed by atoms with Gasteiger partial charge in [0.1, 0.15) is 0 Å². The highest BCUT2D eigenvalue weighted by Gasteiger charge is 2.23. The SMILES string of the molecule is CCc1cccc(C(NN)C2CCCCC2)c1. The topological polar surface area (TPSA) is 38.0 Å². The van der Waals surface area contributed by atoms with Crippen LogP contribution >= 0.6 is 0 Å². The first-order valence-electron chi connectivity index (χ1n) is 6.90. The minimum atomic E-state index is 0.335. The minimum absolute atomic E-state index is 0.335. The number of hydrazine groups is 1. The van der Waals surface area contributed by atoms with Crippen molar-refractivity contribution in [2.75, 3.05) is 0 Å². The molecule has 0 radical (unpaired) electrons. The van der Waals surface area contributed by atoms with Gasteiger partial charge in [-0.2, -0.15) is 0 Å². The van der Waals surface area contributed by atoms with Crippen molar-refractivity contribution in [2.45, 2.75) is 51.5 Å². The zero-order chi connectivity index (χ0) is 12.1. The first-order valence-corrected chi connectivity index (χ1v) is 6.90. The molecule has 1 aromatic carbocycles. The van der Waals surface area contributed by atoms with E-state index in [-0.39, 0.29) is 0 Å². The van der Waals surface area contributed by atoms with E-state index >= 15 is 0 Å². The Hall–Kier alpha value is -0.860. The number of aryl methyl sites for hydroxylation is 1. The number of rotatable bonds is 4. The molecule has 1 fully saturated rings. The van der Waals surface area contributed by atoms with Crippen molar-refractivity contribution >= 4 is 0 Å². The van der Waals surface area contributed by atoms with Gasteiger partial charge in [0.25, 0.3) is 0 Å². The van der Waals surface area contributed by atoms with Crippen LogP contribution in [-0.2, 0) is 6.42 Å². The lowest BCUT2D eigenvalue weighted by Crippen LogP contribution is -2.34. The van der Waals surface area contributed by atoms with Gasteiger partial charge < -0.3 is 0 Å². The molecular weight excluding hydrogens is 208 g/mol. The summed E-state index contributed by atoms with van der Waals surface area (Å²) in [6.45, 7) is 2.20. The van der Waals surface area contributed by atoms with Gasteiger partial charge in [0.2, 0.25) is 0 Å². The van der Waals surface area contributed by atoms with E-state index in [1.165, 1.54) is 43.2 Å². The number of nitrogens with one attached hydrogen (secondary N) is 1. The van der Waals surface area contributed by atoms with Crippen LogP contribution in [0.5, 0.6) is 0 Å². The highest BCUT2D eigenvalue weighted by atomic mass is 15.2. The predicted octanol–water partition coefficient (Wildman–Crippen LogP) is 3.33. The maximum atomic E-state index is 5.78. The molecule has 94 valence electrons. The summed E-state index contributed by atoms with van der Waals surface area (Å²) >= 11 is 0. The van der Waals surface area contributed by atoms with Gasteiger partial charge in [0.15, 0.2) is 0 Å². The van der Waals surface area contributed by atoms with Gasteiger partial charge >= 0.3 is 0 Å². The Bertz CT molecular complexity index is 343. The van der Waals surface area contributed by atoms with Crippen LogP contribution in [-0.4, -0.2) is 0 Å². The van der Waals surface area contributed by atoms with Gasteiger partial charge in [-0.3, -0.25) is 11.3 Å². The van der Waals surface area contributed by atoms with Gasteiger partial charge in [0.05, 0.1) is 0 Å². The second-order valence-corrected chi connectivity index (χ2v) is 5.14. The standard InChI is InChI=1S/C15H24N2/c1-2-12-7-6-10-14(11-12)15(17-16)13-8-4-3-5-9-13/h6-7,10-11,13,15,17H,2-5,8-9,16H2,1H3. The zero-order valence-electron chi connectivity index (χ0n) is 10.8. The fraction of sp³-hybridized carbons (Fsp3) is 0.600. The van der Waals surface area contributed by atoms with Crippen molar-refractivity contribution in [3.8, 4) is 0 Å². The monoisotopic (exact) mass is 232 g/mol. The van der Waals surface area contributed by atoms with Crippen LogP contribution in [0, 0.1) is 5.92 Å². The van der Waals surface area contributed by atoms with Crippen molar-refractivity contribution < 1.29 is 0 Å². The van der Waals surface area contributed by atoms with Crippen molar-refractivity contribution in [2.24, 2.45) is 11.8 Å². The van der Waals surface area contributed by atoms with Crippen LogP contribution < -0.4 is 11.3 Å². The molecule has 0 spiro atoms. The summed E-state index contributed by atoms with van der Waals surface area (Å²) in [4.78, 5) is 0. The molecule has 1 saturated carbocycles. The van der Waals surface area contributed by atoms with Gasteiger partial charge in [-0.05, 0) is 36.3 Å². The predicted molar refractivity (Wildman–Crippen MR) is 72.5 cm³/mol. The minimum Gasteiger partial charge on any atom is -0.271 e. The first-order chi connectivity index (χ1) is 8.35. The third-order valence-corrected chi connectivity index (χ3v) is 4.02. The molecule has 2 heteroatoms. The molecule has 2 rings (SSSR count). The highest BCUT2D eigenvalue weighted by Crippen LogP contribution is 2.34. The van der Waals surface area contributed by atoms with Crippen LogP contribution in [0.1, 0.15) is 56.2 Å². The van der Waals surface area contributed by atoms with Crippen molar-refractivity contribution in [3.63, 3.8) is 0 Å². The molecule has 2 nitrogen and oxygen atoms in total. The summed E-state index contributed by atoms with van der Waals surface area (Å²) in [6, 6.07) is 9.19. The Labute approximate surface area is 105 Å². The smallest absolute Gasteiger partial charge is 0.0488 e. The van der Waals surface area contributed by atoms with Gasteiger partial charge in [-0.25, -0.2) is 0 Å². The van der Waals surface area contributed by atoms with E-state index in [1.54, 1.807) is 0 Å². The maximum Gasteiger partial charge on any atom is 0.0488 e. The molecule has 1 atom stereocenters. The Balaban J connectivity index is 2.15. The number of hydrogen-bond acceptors (Lipinski definition) is 2. The molecule has 0 heterocycles. The fourth-order valence-electron chi connectivity index (χ4n) is 2.98. The summed E-state index contributed by atoms with van der Waals surface area (Å²) in [5.41, 5.74) is 5.80. The zero-order valence-corrected chi connectivity index (χ0v) is 10.8. The van der Waals surface area contributed by atoms with E-state index in [1.807, 2.05) is 0 Å². The van der Waals surface area contributed by atoms with E-state index in [9.17, 15) is 0 Å². The lowest BCUT2D eigenvalue weighted by molar-refractivity contribution is 0.273. The van der Waals surface area contributed by atoms with Crippen molar-refractivity contribution in [1.29, 1.82) is 0 Å². The molecule has 17 heavy (non-hydrogen) atoms. The Morgan fingerprint density at radius 3 is 2.71 bits per heavy atom. The van der Waals surface area contributed by atoms with Gasteiger partial charge in [-0.15, -0.1) is 0 Å². The molecule has 1 unspecified atom stereocenters. The maximum absolute atomic E-state index is 5.78. The third-order valence-electron chi connectivity index (χ3n) is 4.02. The molecule has 0 aliphatic heterocycles. The molecule has 3 N–H and O–H groups in total. The molecular formula is C15H24N2. The highest BCUT2D eigenvalue weighted by molar-refractivity contribution is 5.26. The Morgan fingerprint density at radius 1 is 1.29 bits per heavy atom. The summed E-state index contributed by atoms with van der Waals surface area (Å²) in [5, 5.41) is 0. The number of hydrogen-bond donors (Lipinski definition) is 2. The van der Waals surface area contributed by atoms with Crippen LogP contribution in [0.3, 0.4) is 0 Å². The fourth-order valence-corrected chi connectivity index (χ4v) is 2.98. The molecule has 0 amide bonds. The lowest BCUT2D eigenvalue weighted by Gasteiger charge is -2.30. The quantitative estimate of drug-likeness (QED) is 0.617. The average molecular weight is 232 g/mol.